The number of nitrogen functional groups attached to an aromatic ring is 1. The Kier molecular flexibility index (Phi) is 1.54. The first-order valence-corrected chi connectivity index (χ1v) is 4.70. The molecule has 76 valence electrons. The van der Waals surface area contributed by atoms with Gasteiger partial charge in [-0.3, -0.25) is 4.98 Å². The number of benzene rings is 1. The smallest absolute Gasteiger partial charge is 0.231 e. The molecule has 0 fully saturated rings. The van der Waals surface area contributed by atoms with Gasteiger partial charge in [0.05, 0.1) is 16.9 Å². The van der Waals surface area contributed by atoms with Gasteiger partial charge in [-0.25, -0.2) is 0 Å². The van der Waals surface area contributed by atoms with Crippen LogP contribution in [0.15, 0.2) is 18.2 Å². The van der Waals surface area contributed by atoms with Crippen LogP contribution in [0.2, 0.25) is 0 Å². The second kappa shape index (κ2) is 2.76. The van der Waals surface area contributed by atoms with E-state index in [2.05, 4.69) is 4.98 Å². The van der Waals surface area contributed by atoms with E-state index in [1.807, 2.05) is 25.1 Å². The summed E-state index contributed by atoms with van der Waals surface area (Å²) in [5, 5.41) is 0.974. The van der Waals surface area contributed by atoms with E-state index in [4.69, 9.17) is 15.2 Å². The van der Waals surface area contributed by atoms with Gasteiger partial charge in [-0.1, -0.05) is 0 Å². The summed E-state index contributed by atoms with van der Waals surface area (Å²) in [7, 11) is 0. The van der Waals surface area contributed by atoms with Gasteiger partial charge in [-0.2, -0.15) is 0 Å². The standard InChI is InChI=1S/C11H10N2O2/c1-6-8(12)2-7-3-10-11(15-5-14-10)4-9(7)13-6/h2-4H,5,12H2,1H3. The van der Waals surface area contributed by atoms with Gasteiger partial charge in [0, 0.05) is 11.5 Å². The van der Waals surface area contributed by atoms with Crippen molar-refractivity contribution in [1.82, 2.24) is 4.98 Å². The zero-order chi connectivity index (χ0) is 10.4. The van der Waals surface area contributed by atoms with Gasteiger partial charge in [0.25, 0.3) is 0 Å². The molecule has 1 aliphatic rings. The molecule has 3 rings (SSSR count). The van der Waals surface area contributed by atoms with Crippen LogP contribution in [0.4, 0.5) is 5.69 Å². The molecule has 0 bridgehead atoms. The van der Waals surface area contributed by atoms with Crippen LogP contribution in [0.3, 0.4) is 0 Å². The third kappa shape index (κ3) is 1.18. The predicted molar refractivity (Wildman–Crippen MR) is 57.0 cm³/mol. The maximum atomic E-state index is 5.80. The van der Waals surface area contributed by atoms with Crippen molar-refractivity contribution >= 4 is 16.6 Å². The lowest BCUT2D eigenvalue weighted by atomic mass is 10.1. The highest BCUT2D eigenvalue weighted by molar-refractivity contribution is 5.85. The summed E-state index contributed by atoms with van der Waals surface area (Å²) >= 11 is 0. The normalized spacial score (nSPS) is 13.4. The molecular formula is C11H10N2O2. The number of hydrogen-bond acceptors (Lipinski definition) is 4. The summed E-state index contributed by atoms with van der Waals surface area (Å²) in [5.74, 6) is 1.51. The van der Waals surface area contributed by atoms with Crippen LogP contribution in [0.25, 0.3) is 10.9 Å². The number of hydrogen-bond donors (Lipinski definition) is 1. The lowest BCUT2D eigenvalue weighted by molar-refractivity contribution is 0.174. The van der Waals surface area contributed by atoms with Crippen molar-refractivity contribution in [2.24, 2.45) is 0 Å². The minimum atomic E-state index is 0.278. The zero-order valence-electron chi connectivity index (χ0n) is 8.28. The van der Waals surface area contributed by atoms with Gasteiger partial charge in [-0.05, 0) is 19.1 Å². The third-order valence-corrected chi connectivity index (χ3v) is 2.54. The summed E-state index contributed by atoms with van der Waals surface area (Å²) in [6, 6.07) is 5.68. The molecule has 0 aliphatic carbocycles. The highest BCUT2D eigenvalue weighted by atomic mass is 16.7. The van der Waals surface area contributed by atoms with E-state index in [9.17, 15) is 0 Å². The Morgan fingerprint density at radius 1 is 1.20 bits per heavy atom. The minimum Gasteiger partial charge on any atom is -0.454 e. The van der Waals surface area contributed by atoms with Gasteiger partial charge < -0.3 is 15.2 Å². The maximum absolute atomic E-state index is 5.80. The molecule has 0 atom stereocenters. The number of rotatable bonds is 0. The fourth-order valence-electron chi connectivity index (χ4n) is 1.68. The molecule has 0 saturated carbocycles. The summed E-state index contributed by atoms with van der Waals surface area (Å²) in [6.07, 6.45) is 0. The number of anilines is 1. The molecule has 0 amide bonds. The van der Waals surface area contributed by atoms with Crippen molar-refractivity contribution in [3.63, 3.8) is 0 Å². The summed E-state index contributed by atoms with van der Waals surface area (Å²) in [4.78, 5) is 4.39. The molecule has 0 unspecified atom stereocenters. The summed E-state index contributed by atoms with van der Waals surface area (Å²) in [6.45, 7) is 2.17. The average molecular weight is 202 g/mol. The van der Waals surface area contributed by atoms with Crippen LogP contribution in [0, 0.1) is 6.92 Å². The largest absolute Gasteiger partial charge is 0.454 e. The van der Waals surface area contributed by atoms with Crippen molar-refractivity contribution in [3.8, 4) is 11.5 Å². The molecule has 4 heteroatoms. The number of nitrogens with zero attached hydrogens (tertiary/aromatic N) is 1. The number of ether oxygens (including phenoxy) is 2. The van der Waals surface area contributed by atoms with E-state index < -0.39 is 0 Å². The van der Waals surface area contributed by atoms with Gasteiger partial charge in [-0.15, -0.1) is 0 Å². The van der Waals surface area contributed by atoms with Crippen LogP contribution in [-0.4, -0.2) is 11.8 Å². The van der Waals surface area contributed by atoms with E-state index in [0.717, 1.165) is 28.1 Å². The van der Waals surface area contributed by atoms with Gasteiger partial charge in [0.2, 0.25) is 6.79 Å². The van der Waals surface area contributed by atoms with Crippen molar-refractivity contribution in [2.45, 2.75) is 6.92 Å². The van der Waals surface area contributed by atoms with Crippen molar-refractivity contribution < 1.29 is 9.47 Å². The Labute approximate surface area is 86.6 Å². The van der Waals surface area contributed by atoms with E-state index in [-0.39, 0.29) is 6.79 Å². The second-order valence-corrected chi connectivity index (χ2v) is 3.56. The monoisotopic (exact) mass is 202 g/mol. The van der Waals surface area contributed by atoms with Gasteiger partial charge in [0.15, 0.2) is 11.5 Å². The van der Waals surface area contributed by atoms with Crippen molar-refractivity contribution in [1.29, 1.82) is 0 Å². The SMILES string of the molecule is Cc1nc2cc3c(cc2cc1N)OCO3. The van der Waals surface area contributed by atoms with Crippen molar-refractivity contribution in [2.75, 3.05) is 12.5 Å². The topological polar surface area (TPSA) is 57.4 Å². The molecule has 2 heterocycles. The number of aryl methyl sites for hydroxylation is 1. The molecular weight excluding hydrogens is 192 g/mol. The molecule has 0 saturated heterocycles. The molecule has 0 spiro atoms. The molecule has 1 aromatic carbocycles. The molecule has 2 N–H and O–H groups in total. The van der Waals surface area contributed by atoms with E-state index in [0.29, 0.717) is 5.69 Å². The average Bonchev–Trinajstić information content (AvgIpc) is 2.63. The van der Waals surface area contributed by atoms with Crippen LogP contribution in [-0.2, 0) is 0 Å². The number of fused-ring (bicyclic) bond motifs is 2. The minimum absolute atomic E-state index is 0.278. The number of aromatic nitrogens is 1. The molecule has 1 aromatic heterocycles. The molecule has 0 radical (unpaired) electrons. The molecule has 1 aliphatic heterocycles. The highest BCUT2D eigenvalue weighted by Gasteiger charge is 2.14. The Bertz CT molecular complexity index is 503. The van der Waals surface area contributed by atoms with Crippen molar-refractivity contribution in [3.05, 3.63) is 23.9 Å². The van der Waals surface area contributed by atoms with Crippen LogP contribution in [0.1, 0.15) is 5.69 Å². The summed E-state index contributed by atoms with van der Waals surface area (Å²) in [5.41, 5.74) is 8.21. The van der Waals surface area contributed by atoms with E-state index in [1.54, 1.807) is 0 Å². The third-order valence-electron chi connectivity index (χ3n) is 2.54. The van der Waals surface area contributed by atoms with Crippen LogP contribution in [0.5, 0.6) is 11.5 Å². The summed E-state index contributed by atoms with van der Waals surface area (Å²) < 4.78 is 10.6. The predicted octanol–water partition coefficient (Wildman–Crippen LogP) is 1.85. The number of pyridine rings is 1. The van der Waals surface area contributed by atoms with Crippen LogP contribution >= 0.6 is 0 Å². The first-order valence-electron chi connectivity index (χ1n) is 4.70. The van der Waals surface area contributed by atoms with E-state index >= 15 is 0 Å². The maximum Gasteiger partial charge on any atom is 0.231 e. The number of nitrogens with two attached hydrogens (primary N) is 1. The molecule has 4 nitrogen and oxygen atoms in total. The fourth-order valence-corrected chi connectivity index (χ4v) is 1.68. The van der Waals surface area contributed by atoms with Gasteiger partial charge >= 0.3 is 0 Å². The Morgan fingerprint density at radius 3 is 2.73 bits per heavy atom. The van der Waals surface area contributed by atoms with Gasteiger partial charge in [0.1, 0.15) is 0 Å². The molecule has 15 heavy (non-hydrogen) atoms. The first kappa shape index (κ1) is 8.35. The first-order chi connectivity index (χ1) is 7.24. The Balaban J connectivity index is 2.34. The quantitative estimate of drug-likeness (QED) is 0.708. The second-order valence-electron chi connectivity index (χ2n) is 3.56. The molecule has 2 aromatic rings. The lowest BCUT2D eigenvalue weighted by Crippen LogP contribution is -1.93. The van der Waals surface area contributed by atoms with Crippen LogP contribution < -0.4 is 15.2 Å². The Hall–Kier alpha value is -1.97. The fraction of sp³-hybridized carbons (Fsp3) is 0.182. The highest BCUT2D eigenvalue weighted by Crippen LogP contribution is 2.36. The zero-order valence-corrected chi connectivity index (χ0v) is 8.28. The lowest BCUT2D eigenvalue weighted by Gasteiger charge is -2.04. The van der Waals surface area contributed by atoms with E-state index in [1.165, 1.54) is 0 Å². The Morgan fingerprint density at radius 2 is 1.93 bits per heavy atom.